The normalized spacial score (nSPS) is 8.40. The van der Waals surface area contributed by atoms with E-state index in [2.05, 4.69) is 11.9 Å². The lowest BCUT2D eigenvalue weighted by atomic mass is 10.1. The predicted molar refractivity (Wildman–Crippen MR) is 54.7 cm³/mol. The molecule has 1 N–H and O–H groups in total. The van der Waals surface area contributed by atoms with Gasteiger partial charge >= 0.3 is 0 Å². The Morgan fingerprint density at radius 1 is 1.33 bits per heavy atom. The van der Waals surface area contributed by atoms with Crippen molar-refractivity contribution in [3.63, 3.8) is 0 Å². The molecule has 0 unspecified atom stereocenters. The number of rotatable bonds is 2. The van der Waals surface area contributed by atoms with Gasteiger partial charge in [-0.05, 0) is 24.3 Å². The zero-order valence-corrected chi connectivity index (χ0v) is 7.82. The smallest absolute Gasteiger partial charge is 0.247 e. The molecule has 72 valence electrons. The highest BCUT2D eigenvalue weighted by Gasteiger charge is 2.03. The number of anilines is 1. The highest BCUT2D eigenvalue weighted by Crippen LogP contribution is 2.14. The van der Waals surface area contributed by atoms with Crippen LogP contribution in [0.15, 0.2) is 30.9 Å². The Morgan fingerprint density at radius 2 is 2.00 bits per heavy atom. The van der Waals surface area contributed by atoms with Gasteiger partial charge < -0.3 is 5.32 Å². The topological polar surface area (TPSA) is 76.7 Å². The van der Waals surface area contributed by atoms with E-state index in [9.17, 15) is 4.79 Å². The van der Waals surface area contributed by atoms with Gasteiger partial charge in [-0.25, -0.2) is 0 Å². The number of carbonyl (C=O) groups excluding carboxylic acids is 1. The number of hydrogen-bond donors (Lipinski definition) is 1. The van der Waals surface area contributed by atoms with Crippen LogP contribution in [-0.2, 0) is 4.79 Å². The van der Waals surface area contributed by atoms with Gasteiger partial charge in [0.05, 0.1) is 11.1 Å². The highest BCUT2D eigenvalue weighted by molar-refractivity contribution is 5.99. The largest absolute Gasteiger partial charge is 0.322 e. The SMILES string of the molecule is C=CC(=O)Nc1ccc(C#N)c(C#N)c1. The van der Waals surface area contributed by atoms with Crippen molar-refractivity contribution in [1.82, 2.24) is 0 Å². The molecular weight excluding hydrogens is 190 g/mol. The van der Waals surface area contributed by atoms with Gasteiger partial charge in [0.25, 0.3) is 0 Å². The Bertz CT molecular complexity index is 492. The summed E-state index contributed by atoms with van der Waals surface area (Å²) in [6.45, 7) is 3.30. The molecule has 15 heavy (non-hydrogen) atoms. The molecule has 1 aromatic carbocycles. The van der Waals surface area contributed by atoms with Crippen molar-refractivity contribution in [3.8, 4) is 12.1 Å². The molecule has 0 saturated carbocycles. The van der Waals surface area contributed by atoms with Crippen molar-refractivity contribution in [1.29, 1.82) is 10.5 Å². The summed E-state index contributed by atoms with van der Waals surface area (Å²) < 4.78 is 0. The van der Waals surface area contributed by atoms with Gasteiger partial charge in [-0.15, -0.1) is 0 Å². The average Bonchev–Trinajstić information content (AvgIpc) is 2.28. The summed E-state index contributed by atoms with van der Waals surface area (Å²) in [5.74, 6) is -0.358. The van der Waals surface area contributed by atoms with E-state index in [0.29, 0.717) is 5.69 Å². The van der Waals surface area contributed by atoms with Gasteiger partial charge in [-0.3, -0.25) is 4.79 Å². The molecule has 0 aliphatic heterocycles. The first-order valence-corrected chi connectivity index (χ1v) is 4.09. The summed E-state index contributed by atoms with van der Waals surface area (Å²) >= 11 is 0. The maximum atomic E-state index is 11.0. The number of nitriles is 2. The third kappa shape index (κ3) is 2.43. The van der Waals surface area contributed by atoms with Crippen LogP contribution in [0.3, 0.4) is 0 Å². The second-order valence-corrected chi connectivity index (χ2v) is 2.68. The molecule has 0 aliphatic rings. The number of hydrogen-bond acceptors (Lipinski definition) is 3. The third-order valence-electron chi connectivity index (χ3n) is 1.71. The minimum absolute atomic E-state index is 0.236. The number of benzene rings is 1. The molecule has 1 amide bonds. The lowest BCUT2D eigenvalue weighted by molar-refractivity contribution is -0.111. The summed E-state index contributed by atoms with van der Waals surface area (Å²) in [5, 5.41) is 19.9. The zero-order valence-electron chi connectivity index (χ0n) is 7.82. The van der Waals surface area contributed by atoms with Crippen LogP contribution >= 0.6 is 0 Å². The van der Waals surface area contributed by atoms with Crippen molar-refractivity contribution in [2.24, 2.45) is 0 Å². The molecule has 0 radical (unpaired) electrons. The van der Waals surface area contributed by atoms with Crippen molar-refractivity contribution in [3.05, 3.63) is 42.0 Å². The lowest BCUT2D eigenvalue weighted by Gasteiger charge is -2.02. The summed E-state index contributed by atoms with van der Waals surface area (Å²) in [4.78, 5) is 11.0. The van der Waals surface area contributed by atoms with Gasteiger partial charge in [-0.1, -0.05) is 6.58 Å². The third-order valence-corrected chi connectivity index (χ3v) is 1.71. The van der Waals surface area contributed by atoms with Crippen LogP contribution in [-0.4, -0.2) is 5.91 Å². The molecule has 0 spiro atoms. The molecule has 4 heteroatoms. The van der Waals surface area contributed by atoms with E-state index in [1.807, 2.05) is 12.1 Å². The Kier molecular flexibility index (Phi) is 3.21. The Morgan fingerprint density at radius 3 is 2.53 bits per heavy atom. The highest BCUT2D eigenvalue weighted by atomic mass is 16.1. The summed E-state index contributed by atoms with van der Waals surface area (Å²) in [7, 11) is 0. The summed E-state index contributed by atoms with van der Waals surface area (Å²) in [6.07, 6.45) is 1.13. The lowest BCUT2D eigenvalue weighted by Crippen LogP contribution is -2.07. The van der Waals surface area contributed by atoms with Crippen molar-refractivity contribution >= 4 is 11.6 Å². The predicted octanol–water partition coefficient (Wildman–Crippen LogP) is 1.55. The zero-order chi connectivity index (χ0) is 11.3. The van der Waals surface area contributed by atoms with Crippen LogP contribution in [0.2, 0.25) is 0 Å². The van der Waals surface area contributed by atoms with Gasteiger partial charge in [0.1, 0.15) is 12.1 Å². The first kappa shape index (κ1) is 10.5. The molecule has 0 aromatic heterocycles. The maximum absolute atomic E-state index is 11.0. The molecule has 0 atom stereocenters. The molecule has 0 fully saturated rings. The van der Waals surface area contributed by atoms with E-state index in [-0.39, 0.29) is 17.0 Å². The second kappa shape index (κ2) is 4.59. The first-order valence-electron chi connectivity index (χ1n) is 4.09. The van der Waals surface area contributed by atoms with Crippen molar-refractivity contribution in [2.75, 3.05) is 5.32 Å². The van der Waals surface area contributed by atoms with Crippen molar-refractivity contribution in [2.45, 2.75) is 0 Å². The fourth-order valence-electron chi connectivity index (χ4n) is 1.01. The van der Waals surface area contributed by atoms with Crippen LogP contribution < -0.4 is 5.32 Å². The quantitative estimate of drug-likeness (QED) is 0.731. The first-order chi connectivity index (χ1) is 7.21. The molecule has 0 bridgehead atoms. The summed E-state index contributed by atoms with van der Waals surface area (Å²) in [5.41, 5.74) is 0.990. The Labute approximate surface area is 87.1 Å². The Hall–Kier alpha value is -2.59. The van der Waals surface area contributed by atoms with Crippen LogP contribution in [0.1, 0.15) is 11.1 Å². The molecule has 4 nitrogen and oxygen atoms in total. The van der Waals surface area contributed by atoms with Crippen LogP contribution in [0.4, 0.5) is 5.69 Å². The van der Waals surface area contributed by atoms with E-state index >= 15 is 0 Å². The number of amides is 1. The Balaban J connectivity index is 3.06. The van der Waals surface area contributed by atoms with Gasteiger partial charge in [0.2, 0.25) is 5.91 Å². The fourth-order valence-corrected chi connectivity index (χ4v) is 1.01. The van der Waals surface area contributed by atoms with Crippen LogP contribution in [0.5, 0.6) is 0 Å². The maximum Gasteiger partial charge on any atom is 0.247 e. The molecule has 0 aliphatic carbocycles. The molecule has 1 rings (SSSR count). The van der Waals surface area contributed by atoms with E-state index in [1.165, 1.54) is 12.1 Å². The molecule has 0 heterocycles. The number of nitrogens with one attached hydrogen (secondary N) is 1. The van der Waals surface area contributed by atoms with Crippen LogP contribution in [0, 0.1) is 22.7 Å². The molecular formula is C11H7N3O. The fraction of sp³-hybridized carbons (Fsp3) is 0. The summed E-state index contributed by atoms with van der Waals surface area (Å²) in [6, 6.07) is 8.25. The number of carbonyl (C=O) groups is 1. The molecule has 0 saturated heterocycles. The van der Waals surface area contributed by atoms with E-state index in [0.717, 1.165) is 6.08 Å². The molecule has 1 aromatic rings. The minimum Gasteiger partial charge on any atom is -0.322 e. The van der Waals surface area contributed by atoms with Crippen LogP contribution in [0.25, 0.3) is 0 Å². The van der Waals surface area contributed by atoms with E-state index in [4.69, 9.17) is 10.5 Å². The van der Waals surface area contributed by atoms with Gasteiger partial charge in [0, 0.05) is 5.69 Å². The second-order valence-electron chi connectivity index (χ2n) is 2.68. The standard InChI is InChI=1S/C11H7N3O/c1-2-11(15)14-10-4-3-8(6-12)9(5-10)7-13/h2-5H,1H2,(H,14,15). The van der Waals surface area contributed by atoms with Crippen molar-refractivity contribution < 1.29 is 4.79 Å². The average molecular weight is 197 g/mol. The minimum atomic E-state index is -0.358. The van der Waals surface area contributed by atoms with E-state index < -0.39 is 0 Å². The van der Waals surface area contributed by atoms with Gasteiger partial charge in [-0.2, -0.15) is 10.5 Å². The number of nitrogens with zero attached hydrogens (tertiary/aromatic N) is 2. The van der Waals surface area contributed by atoms with E-state index in [1.54, 1.807) is 6.07 Å². The monoisotopic (exact) mass is 197 g/mol. The van der Waals surface area contributed by atoms with Gasteiger partial charge in [0.15, 0.2) is 0 Å².